The van der Waals surface area contributed by atoms with Crippen LogP contribution in [-0.2, 0) is 4.79 Å². The van der Waals surface area contributed by atoms with Crippen molar-refractivity contribution in [1.82, 2.24) is 10.6 Å². The molecule has 5 heteroatoms. The fourth-order valence-electron chi connectivity index (χ4n) is 3.87. The molecule has 3 rings (SSSR count). The van der Waals surface area contributed by atoms with Crippen LogP contribution in [0, 0.1) is 5.92 Å². The topological polar surface area (TPSA) is 50.4 Å². The molecule has 2 N–H and O–H groups in total. The van der Waals surface area contributed by atoms with Gasteiger partial charge < -0.3 is 15.4 Å². The van der Waals surface area contributed by atoms with Crippen LogP contribution >= 0.6 is 12.4 Å². The molecular weight excluding hydrogens is 324 g/mol. The molecular formula is C19H29ClN2O2. The first kappa shape index (κ1) is 19.1. The van der Waals surface area contributed by atoms with Crippen LogP contribution in [0.15, 0.2) is 30.3 Å². The first-order valence-electron chi connectivity index (χ1n) is 8.96. The highest BCUT2D eigenvalue weighted by Gasteiger charge is 2.34. The van der Waals surface area contributed by atoms with Gasteiger partial charge in [-0.2, -0.15) is 0 Å². The Bertz CT molecular complexity index is 499. The number of nitrogens with one attached hydrogen (secondary N) is 2. The van der Waals surface area contributed by atoms with Gasteiger partial charge in [0.25, 0.3) is 0 Å². The van der Waals surface area contributed by atoms with Crippen LogP contribution in [0.3, 0.4) is 0 Å². The lowest BCUT2D eigenvalue weighted by Gasteiger charge is -2.29. The van der Waals surface area contributed by atoms with E-state index in [1.807, 2.05) is 30.3 Å². The van der Waals surface area contributed by atoms with E-state index in [1.165, 1.54) is 12.8 Å². The van der Waals surface area contributed by atoms with Gasteiger partial charge in [0.05, 0.1) is 6.04 Å². The second-order valence-corrected chi connectivity index (χ2v) is 6.98. The Kier molecular flexibility index (Phi) is 7.38. The van der Waals surface area contributed by atoms with Crippen molar-refractivity contribution in [3.8, 4) is 5.75 Å². The van der Waals surface area contributed by atoms with Gasteiger partial charge in [-0.25, -0.2) is 0 Å². The second-order valence-electron chi connectivity index (χ2n) is 6.98. The number of hydrogen-bond donors (Lipinski definition) is 2. The normalized spacial score (nSPS) is 26.3. The molecule has 24 heavy (non-hydrogen) atoms. The van der Waals surface area contributed by atoms with Crippen molar-refractivity contribution < 1.29 is 9.53 Å². The quantitative estimate of drug-likeness (QED) is 0.791. The highest BCUT2D eigenvalue weighted by Crippen LogP contribution is 2.32. The second kappa shape index (κ2) is 9.28. The maximum absolute atomic E-state index is 12.3. The zero-order chi connectivity index (χ0) is 16.1. The summed E-state index contributed by atoms with van der Waals surface area (Å²) in [6.45, 7) is 2.62. The maximum atomic E-state index is 12.3. The van der Waals surface area contributed by atoms with Gasteiger partial charge in [0.1, 0.15) is 12.4 Å². The average molecular weight is 353 g/mol. The predicted octanol–water partition coefficient (Wildman–Crippen LogP) is 3.30. The SMILES string of the molecule is CCC(COc1ccccc1)NC(=O)CC1CC2CCC(C1)N2.Cl. The van der Waals surface area contributed by atoms with E-state index in [-0.39, 0.29) is 24.4 Å². The zero-order valence-corrected chi connectivity index (χ0v) is 15.2. The Labute approximate surface area is 151 Å². The van der Waals surface area contributed by atoms with Crippen molar-refractivity contribution in [3.05, 3.63) is 30.3 Å². The molecule has 134 valence electrons. The standard InChI is InChI=1S/C19H28N2O2.ClH/c1-2-15(13-23-18-6-4-3-5-7-18)21-19(22)12-14-10-16-8-9-17(11-14)20-16;/h3-7,14-17,20H,2,8-13H2,1H3,(H,21,22);1H. The Morgan fingerprint density at radius 3 is 2.54 bits per heavy atom. The van der Waals surface area contributed by atoms with Crippen molar-refractivity contribution in [2.24, 2.45) is 5.92 Å². The largest absolute Gasteiger partial charge is 0.491 e. The number of fused-ring (bicyclic) bond motifs is 2. The number of carbonyl (C=O) groups is 1. The maximum Gasteiger partial charge on any atom is 0.220 e. The molecule has 0 aliphatic carbocycles. The first-order valence-corrected chi connectivity index (χ1v) is 8.96. The molecule has 2 heterocycles. The lowest BCUT2D eigenvalue weighted by atomic mass is 9.89. The van der Waals surface area contributed by atoms with Crippen molar-refractivity contribution >= 4 is 18.3 Å². The zero-order valence-electron chi connectivity index (χ0n) is 14.4. The minimum absolute atomic E-state index is 0. The van der Waals surface area contributed by atoms with Gasteiger partial charge in [0.15, 0.2) is 0 Å². The van der Waals surface area contributed by atoms with Crippen LogP contribution < -0.4 is 15.4 Å². The Hall–Kier alpha value is -1.26. The summed E-state index contributed by atoms with van der Waals surface area (Å²) in [4.78, 5) is 12.3. The van der Waals surface area contributed by atoms with E-state index >= 15 is 0 Å². The Morgan fingerprint density at radius 2 is 1.92 bits per heavy atom. The summed E-state index contributed by atoms with van der Waals surface area (Å²) in [5.74, 6) is 1.58. The predicted molar refractivity (Wildman–Crippen MR) is 98.7 cm³/mol. The summed E-state index contributed by atoms with van der Waals surface area (Å²) in [6.07, 6.45) is 6.42. The summed E-state index contributed by atoms with van der Waals surface area (Å²) in [5.41, 5.74) is 0. The van der Waals surface area contributed by atoms with Crippen LogP contribution in [-0.4, -0.2) is 30.6 Å². The fourth-order valence-corrected chi connectivity index (χ4v) is 3.87. The van der Waals surface area contributed by atoms with E-state index in [2.05, 4.69) is 17.6 Å². The van der Waals surface area contributed by atoms with Gasteiger partial charge in [0.2, 0.25) is 5.91 Å². The van der Waals surface area contributed by atoms with Gasteiger partial charge in [-0.3, -0.25) is 4.79 Å². The molecule has 3 unspecified atom stereocenters. The molecule has 2 aliphatic rings. The lowest BCUT2D eigenvalue weighted by Crippen LogP contribution is -2.42. The highest BCUT2D eigenvalue weighted by molar-refractivity contribution is 5.85. The number of carbonyl (C=O) groups excluding carboxylic acids is 1. The van der Waals surface area contributed by atoms with E-state index in [4.69, 9.17) is 4.74 Å². The molecule has 2 bridgehead atoms. The third kappa shape index (κ3) is 5.38. The summed E-state index contributed by atoms with van der Waals surface area (Å²) >= 11 is 0. The average Bonchev–Trinajstić information content (AvgIpc) is 2.91. The van der Waals surface area contributed by atoms with E-state index in [0.29, 0.717) is 31.0 Å². The summed E-state index contributed by atoms with van der Waals surface area (Å²) in [6, 6.07) is 11.2. The minimum atomic E-state index is 0. The van der Waals surface area contributed by atoms with Crippen molar-refractivity contribution in [2.75, 3.05) is 6.61 Å². The summed E-state index contributed by atoms with van der Waals surface area (Å²) in [5, 5.41) is 6.78. The van der Waals surface area contributed by atoms with E-state index in [1.54, 1.807) is 0 Å². The number of hydrogen-bond acceptors (Lipinski definition) is 3. The van der Waals surface area contributed by atoms with E-state index in [9.17, 15) is 4.79 Å². The number of halogens is 1. The van der Waals surface area contributed by atoms with Gasteiger partial charge in [-0.05, 0) is 50.2 Å². The van der Waals surface area contributed by atoms with E-state index < -0.39 is 0 Å². The summed E-state index contributed by atoms with van der Waals surface area (Å²) in [7, 11) is 0. The van der Waals surface area contributed by atoms with Gasteiger partial charge in [-0.15, -0.1) is 12.4 Å². The van der Waals surface area contributed by atoms with Gasteiger partial charge >= 0.3 is 0 Å². The van der Waals surface area contributed by atoms with Crippen molar-refractivity contribution in [1.29, 1.82) is 0 Å². The number of rotatable bonds is 7. The number of para-hydroxylation sites is 1. The molecule has 2 saturated heterocycles. The van der Waals surface area contributed by atoms with E-state index in [0.717, 1.165) is 25.0 Å². The number of ether oxygens (including phenoxy) is 1. The molecule has 3 atom stereocenters. The minimum Gasteiger partial charge on any atom is -0.491 e. The van der Waals surface area contributed by atoms with Gasteiger partial charge in [0, 0.05) is 18.5 Å². The molecule has 0 saturated carbocycles. The van der Waals surface area contributed by atoms with Crippen LogP contribution in [0.2, 0.25) is 0 Å². The molecule has 2 aliphatic heterocycles. The van der Waals surface area contributed by atoms with Crippen molar-refractivity contribution in [2.45, 2.75) is 63.6 Å². The van der Waals surface area contributed by atoms with Crippen LogP contribution in [0.4, 0.5) is 0 Å². The number of piperidine rings is 1. The van der Waals surface area contributed by atoms with Crippen LogP contribution in [0.25, 0.3) is 0 Å². The Balaban J connectivity index is 0.00000208. The van der Waals surface area contributed by atoms with Crippen molar-refractivity contribution in [3.63, 3.8) is 0 Å². The lowest BCUT2D eigenvalue weighted by molar-refractivity contribution is -0.123. The molecule has 0 spiro atoms. The molecule has 2 fully saturated rings. The molecule has 0 radical (unpaired) electrons. The van der Waals surface area contributed by atoms with Gasteiger partial charge in [-0.1, -0.05) is 25.1 Å². The third-order valence-electron chi connectivity index (χ3n) is 5.10. The smallest absolute Gasteiger partial charge is 0.220 e. The Morgan fingerprint density at radius 1 is 1.25 bits per heavy atom. The molecule has 1 aromatic rings. The first-order chi connectivity index (χ1) is 11.2. The fraction of sp³-hybridized carbons (Fsp3) is 0.632. The monoisotopic (exact) mass is 352 g/mol. The number of amides is 1. The third-order valence-corrected chi connectivity index (χ3v) is 5.10. The molecule has 4 nitrogen and oxygen atoms in total. The van der Waals surface area contributed by atoms with Crippen LogP contribution in [0.5, 0.6) is 5.75 Å². The molecule has 0 aromatic heterocycles. The molecule has 1 amide bonds. The number of benzene rings is 1. The van der Waals surface area contributed by atoms with Crippen LogP contribution in [0.1, 0.15) is 45.4 Å². The summed E-state index contributed by atoms with van der Waals surface area (Å²) < 4.78 is 5.77. The highest BCUT2D eigenvalue weighted by atomic mass is 35.5. The molecule has 1 aromatic carbocycles.